The number of aryl methyl sites for hydroxylation is 1. The van der Waals surface area contributed by atoms with Crippen LogP contribution in [0.3, 0.4) is 0 Å². The molecule has 0 radical (unpaired) electrons. The Labute approximate surface area is 123 Å². The van der Waals surface area contributed by atoms with Crippen LogP contribution >= 0.6 is 11.8 Å². The molecule has 0 spiro atoms. The minimum atomic E-state index is 0.943. The predicted octanol–water partition coefficient (Wildman–Crippen LogP) is 4.72. The van der Waals surface area contributed by atoms with Crippen molar-refractivity contribution < 1.29 is 0 Å². The van der Waals surface area contributed by atoms with E-state index in [9.17, 15) is 0 Å². The molecule has 2 aromatic carbocycles. The Bertz CT molecular complexity index is 753. The lowest BCUT2D eigenvalue weighted by molar-refractivity contribution is 1.26. The van der Waals surface area contributed by atoms with Gasteiger partial charge < -0.3 is 0 Å². The average Bonchev–Trinajstić information content (AvgIpc) is 2.48. The monoisotopic (exact) mass is 280 g/mol. The zero-order valence-electron chi connectivity index (χ0n) is 11.6. The first-order valence-electron chi connectivity index (χ1n) is 6.73. The Balaban J connectivity index is 2.12. The average molecular weight is 280 g/mol. The summed E-state index contributed by atoms with van der Waals surface area (Å²) in [4.78, 5) is 10.6. The van der Waals surface area contributed by atoms with E-state index in [2.05, 4.69) is 55.2 Å². The summed E-state index contributed by atoms with van der Waals surface area (Å²) in [7, 11) is 0. The van der Waals surface area contributed by atoms with E-state index in [1.54, 1.807) is 0 Å². The molecule has 3 rings (SSSR count). The molecule has 0 bridgehead atoms. The SMILES string of the molecule is CCSc1ccccc1-c1cnc2cc(C)ccc2n1. The standard InChI is InChI=1S/C17H16N2S/c1-3-20-17-7-5-4-6-13(17)16-11-18-15-10-12(2)8-9-14(15)19-16/h4-11H,3H2,1-2H3. The zero-order chi connectivity index (χ0) is 13.9. The van der Waals surface area contributed by atoms with Crippen LogP contribution in [-0.4, -0.2) is 15.7 Å². The molecule has 0 aliphatic carbocycles. The molecule has 0 amide bonds. The second-order valence-corrected chi connectivity index (χ2v) is 5.98. The van der Waals surface area contributed by atoms with E-state index >= 15 is 0 Å². The van der Waals surface area contributed by atoms with Gasteiger partial charge in [0.1, 0.15) is 0 Å². The van der Waals surface area contributed by atoms with Gasteiger partial charge in [0, 0.05) is 10.5 Å². The molecular weight excluding hydrogens is 264 g/mol. The number of nitrogens with zero attached hydrogens (tertiary/aromatic N) is 2. The van der Waals surface area contributed by atoms with E-state index in [0.29, 0.717) is 0 Å². The smallest absolute Gasteiger partial charge is 0.0904 e. The van der Waals surface area contributed by atoms with Crippen molar-refractivity contribution in [1.29, 1.82) is 0 Å². The van der Waals surface area contributed by atoms with Crippen LogP contribution in [0.15, 0.2) is 53.6 Å². The summed E-state index contributed by atoms with van der Waals surface area (Å²) < 4.78 is 0. The molecule has 20 heavy (non-hydrogen) atoms. The van der Waals surface area contributed by atoms with Crippen molar-refractivity contribution in [2.45, 2.75) is 18.7 Å². The minimum Gasteiger partial charge on any atom is -0.252 e. The Morgan fingerprint density at radius 3 is 2.75 bits per heavy atom. The second kappa shape index (κ2) is 5.63. The Morgan fingerprint density at radius 2 is 1.90 bits per heavy atom. The molecule has 2 nitrogen and oxygen atoms in total. The Morgan fingerprint density at radius 1 is 1.05 bits per heavy atom. The van der Waals surface area contributed by atoms with Crippen LogP contribution in [0.2, 0.25) is 0 Å². The maximum Gasteiger partial charge on any atom is 0.0904 e. The van der Waals surface area contributed by atoms with Crippen molar-refractivity contribution in [3.8, 4) is 11.3 Å². The van der Waals surface area contributed by atoms with Crippen molar-refractivity contribution in [1.82, 2.24) is 9.97 Å². The molecular formula is C17H16N2S. The van der Waals surface area contributed by atoms with Gasteiger partial charge in [0.25, 0.3) is 0 Å². The van der Waals surface area contributed by atoms with Crippen LogP contribution in [0.1, 0.15) is 12.5 Å². The quantitative estimate of drug-likeness (QED) is 0.649. The predicted molar refractivity (Wildman–Crippen MR) is 86.1 cm³/mol. The van der Waals surface area contributed by atoms with Crippen molar-refractivity contribution in [2.24, 2.45) is 0 Å². The van der Waals surface area contributed by atoms with E-state index in [-0.39, 0.29) is 0 Å². The topological polar surface area (TPSA) is 25.8 Å². The van der Waals surface area contributed by atoms with Crippen molar-refractivity contribution in [3.63, 3.8) is 0 Å². The molecule has 0 atom stereocenters. The summed E-state index contributed by atoms with van der Waals surface area (Å²) in [5, 5.41) is 0. The molecule has 3 heteroatoms. The van der Waals surface area contributed by atoms with Gasteiger partial charge in [0.05, 0.1) is 22.9 Å². The summed E-state index contributed by atoms with van der Waals surface area (Å²) in [6.45, 7) is 4.23. The second-order valence-electron chi connectivity index (χ2n) is 4.68. The largest absolute Gasteiger partial charge is 0.252 e. The summed E-state index contributed by atoms with van der Waals surface area (Å²) in [6.07, 6.45) is 1.87. The van der Waals surface area contributed by atoms with Gasteiger partial charge in [-0.25, -0.2) is 4.98 Å². The highest BCUT2D eigenvalue weighted by Crippen LogP contribution is 2.30. The van der Waals surface area contributed by atoms with Gasteiger partial charge in [-0.05, 0) is 36.4 Å². The first-order chi connectivity index (χ1) is 9.78. The lowest BCUT2D eigenvalue weighted by Gasteiger charge is -2.08. The molecule has 0 unspecified atom stereocenters. The summed E-state index contributed by atoms with van der Waals surface area (Å²) in [6, 6.07) is 14.6. The van der Waals surface area contributed by atoms with E-state index in [0.717, 1.165) is 28.0 Å². The highest BCUT2D eigenvalue weighted by Gasteiger charge is 2.07. The highest BCUT2D eigenvalue weighted by molar-refractivity contribution is 7.99. The van der Waals surface area contributed by atoms with Crippen LogP contribution in [0, 0.1) is 6.92 Å². The number of rotatable bonds is 3. The minimum absolute atomic E-state index is 0.943. The lowest BCUT2D eigenvalue weighted by Crippen LogP contribution is -1.91. The third kappa shape index (κ3) is 2.54. The van der Waals surface area contributed by atoms with E-state index in [1.165, 1.54) is 10.5 Å². The van der Waals surface area contributed by atoms with Crippen molar-refractivity contribution >= 4 is 22.8 Å². The molecule has 1 heterocycles. The normalized spacial score (nSPS) is 10.9. The first-order valence-corrected chi connectivity index (χ1v) is 7.72. The molecule has 0 saturated heterocycles. The highest BCUT2D eigenvalue weighted by atomic mass is 32.2. The van der Waals surface area contributed by atoms with Gasteiger partial charge in [0.2, 0.25) is 0 Å². The van der Waals surface area contributed by atoms with E-state index < -0.39 is 0 Å². The zero-order valence-corrected chi connectivity index (χ0v) is 12.4. The Kier molecular flexibility index (Phi) is 3.70. The molecule has 0 aliphatic rings. The number of hydrogen-bond acceptors (Lipinski definition) is 3. The summed E-state index contributed by atoms with van der Waals surface area (Å²) in [5.41, 5.74) is 5.22. The van der Waals surface area contributed by atoms with Gasteiger partial charge in [-0.2, -0.15) is 0 Å². The molecule has 1 aromatic heterocycles. The molecule has 100 valence electrons. The molecule has 0 aliphatic heterocycles. The third-order valence-corrected chi connectivity index (χ3v) is 4.12. The van der Waals surface area contributed by atoms with Crippen LogP contribution in [-0.2, 0) is 0 Å². The molecule has 0 N–H and O–H groups in total. The van der Waals surface area contributed by atoms with E-state index in [1.807, 2.05) is 24.0 Å². The fourth-order valence-corrected chi connectivity index (χ4v) is 3.02. The van der Waals surface area contributed by atoms with Crippen molar-refractivity contribution in [3.05, 3.63) is 54.2 Å². The Hall–Kier alpha value is -1.87. The summed E-state index contributed by atoms with van der Waals surface area (Å²) >= 11 is 1.84. The number of hydrogen-bond donors (Lipinski definition) is 0. The molecule has 0 saturated carbocycles. The van der Waals surface area contributed by atoms with Crippen LogP contribution in [0.5, 0.6) is 0 Å². The van der Waals surface area contributed by atoms with Crippen LogP contribution in [0.25, 0.3) is 22.3 Å². The van der Waals surface area contributed by atoms with Gasteiger partial charge in [0.15, 0.2) is 0 Å². The van der Waals surface area contributed by atoms with Gasteiger partial charge in [-0.15, -0.1) is 11.8 Å². The maximum atomic E-state index is 4.75. The van der Waals surface area contributed by atoms with Crippen molar-refractivity contribution in [2.75, 3.05) is 5.75 Å². The fourth-order valence-electron chi connectivity index (χ4n) is 2.21. The lowest BCUT2D eigenvalue weighted by atomic mass is 10.1. The number of benzene rings is 2. The van der Waals surface area contributed by atoms with Gasteiger partial charge in [-0.3, -0.25) is 4.98 Å². The maximum absolute atomic E-state index is 4.75. The third-order valence-electron chi connectivity index (χ3n) is 3.16. The van der Waals surface area contributed by atoms with Crippen LogP contribution < -0.4 is 0 Å². The number of aromatic nitrogens is 2. The molecule has 3 aromatic rings. The fraction of sp³-hybridized carbons (Fsp3) is 0.176. The summed E-state index contributed by atoms with van der Waals surface area (Å²) in [5.74, 6) is 1.05. The molecule has 0 fully saturated rings. The number of fused-ring (bicyclic) bond motifs is 1. The van der Waals surface area contributed by atoms with Crippen LogP contribution in [0.4, 0.5) is 0 Å². The van der Waals surface area contributed by atoms with Gasteiger partial charge in [-0.1, -0.05) is 31.2 Å². The van der Waals surface area contributed by atoms with Gasteiger partial charge >= 0.3 is 0 Å². The number of thioether (sulfide) groups is 1. The first kappa shape index (κ1) is 13.1. The van der Waals surface area contributed by atoms with E-state index in [4.69, 9.17) is 4.98 Å².